The number of nitrogens with zero attached hydrogens (tertiary/aromatic N) is 1. The van der Waals surface area contributed by atoms with Crippen LogP contribution in [0.3, 0.4) is 0 Å². The largest absolute Gasteiger partial charge is 0.507 e. The molecule has 0 bridgehead atoms. The number of aliphatic hydroxyl groups excluding tert-OH is 1. The van der Waals surface area contributed by atoms with E-state index in [1.807, 2.05) is 36.4 Å². The first-order valence-electron chi connectivity index (χ1n) is 15.6. The molecule has 250 valence electrons. The van der Waals surface area contributed by atoms with Crippen molar-refractivity contribution >= 4 is 40.4 Å². The van der Waals surface area contributed by atoms with Crippen LogP contribution >= 0.6 is 0 Å². The van der Waals surface area contributed by atoms with Gasteiger partial charge in [-0.2, -0.15) is 0 Å². The predicted octanol–water partition coefficient (Wildman–Crippen LogP) is 3.56. The molecule has 3 aromatic carbocycles. The number of rotatable bonds is 10. The summed E-state index contributed by atoms with van der Waals surface area (Å²) in [5, 5.41) is 34.3. The lowest BCUT2D eigenvalue weighted by Crippen LogP contribution is -2.51. The Morgan fingerprint density at radius 3 is 2.53 bits per heavy atom. The van der Waals surface area contributed by atoms with Crippen molar-refractivity contribution in [2.45, 2.75) is 71.0 Å². The third kappa shape index (κ3) is 8.17. The number of fused-ring (bicyclic) bond motifs is 2. The molecule has 2 heterocycles. The first-order chi connectivity index (χ1) is 22.4. The molecule has 2 unspecified atom stereocenters. The lowest BCUT2D eigenvalue weighted by molar-refractivity contribution is -0.141. The molecule has 0 aromatic heterocycles. The number of urea groups is 1. The van der Waals surface area contributed by atoms with E-state index in [2.05, 4.69) is 21.3 Å². The van der Waals surface area contributed by atoms with Crippen LogP contribution in [0.25, 0.3) is 10.8 Å². The standard InChI is InChI=1S/C34H41N5O8/c1-34(2,3)47-33(45)35-15-17-46-16-14-20-6-4-8-23-22(20)7-5-9-26(23)37-32(44)36-18-21-10-11-24-25(29(21)41)19-39(31(24)43)27-12-13-28(40)38-30(27)42/h4-11,27,31,41,43H,12-19H2,1-3H3,(H,35,45)(H2,36,37,44)(H,38,40,42). The fourth-order valence-electron chi connectivity index (χ4n) is 5.85. The van der Waals surface area contributed by atoms with Crippen LogP contribution < -0.4 is 21.3 Å². The number of alkyl carbamates (subject to hydrolysis) is 1. The second kappa shape index (κ2) is 14.4. The van der Waals surface area contributed by atoms with Gasteiger partial charge in [0.05, 0.1) is 24.9 Å². The first-order valence-corrected chi connectivity index (χ1v) is 15.6. The van der Waals surface area contributed by atoms with Crippen LogP contribution in [0.4, 0.5) is 15.3 Å². The van der Waals surface area contributed by atoms with E-state index < -0.39 is 35.9 Å². The van der Waals surface area contributed by atoms with Gasteiger partial charge in [-0.15, -0.1) is 0 Å². The molecule has 0 radical (unpaired) electrons. The Kier molecular flexibility index (Phi) is 10.3. The van der Waals surface area contributed by atoms with Crippen molar-refractivity contribution in [1.82, 2.24) is 20.9 Å². The van der Waals surface area contributed by atoms with E-state index in [1.165, 1.54) is 0 Å². The molecule has 0 aliphatic carbocycles. The fourth-order valence-corrected chi connectivity index (χ4v) is 5.85. The van der Waals surface area contributed by atoms with Crippen molar-refractivity contribution in [3.63, 3.8) is 0 Å². The summed E-state index contributed by atoms with van der Waals surface area (Å²) >= 11 is 0. The second-order valence-electron chi connectivity index (χ2n) is 12.6. The molecule has 0 saturated carbocycles. The highest BCUT2D eigenvalue weighted by molar-refractivity contribution is 6.02. The number of ether oxygens (including phenoxy) is 2. The molecule has 5 rings (SSSR count). The maximum absolute atomic E-state index is 12.9. The highest BCUT2D eigenvalue weighted by Gasteiger charge is 2.41. The normalized spacial score (nSPS) is 18.0. The summed E-state index contributed by atoms with van der Waals surface area (Å²) in [5.74, 6) is -0.873. The Bertz CT molecular complexity index is 1670. The van der Waals surface area contributed by atoms with Crippen molar-refractivity contribution < 1.29 is 38.9 Å². The van der Waals surface area contributed by atoms with Gasteiger partial charge < -0.3 is 35.6 Å². The van der Waals surface area contributed by atoms with Gasteiger partial charge in [-0.3, -0.25) is 19.8 Å². The number of anilines is 1. The Morgan fingerprint density at radius 2 is 1.77 bits per heavy atom. The molecule has 2 aliphatic heterocycles. The molecule has 1 fully saturated rings. The monoisotopic (exact) mass is 647 g/mol. The Balaban J connectivity index is 1.14. The Hall–Kier alpha value is -4.72. The number of phenolic OH excluding ortho intramolecular Hbond substituents is 1. The van der Waals surface area contributed by atoms with E-state index in [0.29, 0.717) is 48.6 Å². The number of aliphatic hydroxyl groups is 1. The number of aromatic hydroxyl groups is 1. The maximum Gasteiger partial charge on any atom is 0.407 e. The molecule has 13 nitrogen and oxygen atoms in total. The topological polar surface area (TPSA) is 179 Å². The molecule has 1 saturated heterocycles. The van der Waals surface area contributed by atoms with Crippen LogP contribution in [0, 0.1) is 0 Å². The van der Waals surface area contributed by atoms with Crippen LogP contribution in [-0.4, -0.2) is 70.5 Å². The summed E-state index contributed by atoms with van der Waals surface area (Å²) in [6.07, 6.45) is -0.498. The second-order valence-corrected chi connectivity index (χ2v) is 12.6. The molecular weight excluding hydrogens is 606 g/mol. The predicted molar refractivity (Wildman–Crippen MR) is 173 cm³/mol. The minimum absolute atomic E-state index is 0.0234. The van der Waals surface area contributed by atoms with Crippen molar-refractivity contribution in [3.8, 4) is 5.75 Å². The number of carbonyl (C=O) groups excluding carboxylic acids is 4. The minimum atomic E-state index is -1.10. The van der Waals surface area contributed by atoms with Crippen molar-refractivity contribution in [2.24, 2.45) is 0 Å². The van der Waals surface area contributed by atoms with Gasteiger partial charge in [-0.05, 0) is 50.6 Å². The van der Waals surface area contributed by atoms with Crippen molar-refractivity contribution in [3.05, 3.63) is 70.8 Å². The molecule has 6 N–H and O–H groups in total. The van der Waals surface area contributed by atoms with Gasteiger partial charge in [0.2, 0.25) is 11.8 Å². The van der Waals surface area contributed by atoms with Crippen LogP contribution in [-0.2, 0) is 38.6 Å². The number of piperidine rings is 1. The van der Waals surface area contributed by atoms with E-state index in [0.717, 1.165) is 16.3 Å². The number of benzene rings is 3. The van der Waals surface area contributed by atoms with Gasteiger partial charge in [-0.25, -0.2) is 9.59 Å². The number of carbonyl (C=O) groups is 4. The molecule has 0 spiro atoms. The molecule has 2 aliphatic rings. The van der Waals surface area contributed by atoms with E-state index in [4.69, 9.17) is 9.47 Å². The zero-order valence-electron chi connectivity index (χ0n) is 26.7. The summed E-state index contributed by atoms with van der Waals surface area (Å²) in [6, 6.07) is 13.6. The summed E-state index contributed by atoms with van der Waals surface area (Å²) < 4.78 is 10.9. The number of hydrogen-bond acceptors (Lipinski definition) is 9. The lowest BCUT2D eigenvalue weighted by Gasteiger charge is -2.31. The highest BCUT2D eigenvalue weighted by atomic mass is 16.6. The maximum atomic E-state index is 12.9. The quantitative estimate of drug-likeness (QED) is 0.142. The van der Waals surface area contributed by atoms with Crippen LogP contribution in [0.15, 0.2) is 48.5 Å². The summed E-state index contributed by atoms with van der Waals surface area (Å²) in [4.78, 5) is 50.2. The first kappa shape index (κ1) is 33.6. The SMILES string of the molecule is CC(C)(C)OC(=O)NCCOCCc1cccc2c(NC(=O)NCc3ccc4c(c3O)CN(C3CCC(=O)NC3=O)C4O)cccc12. The number of phenols is 1. The number of amides is 5. The van der Waals surface area contributed by atoms with Gasteiger partial charge in [0.1, 0.15) is 17.6 Å². The third-order valence-electron chi connectivity index (χ3n) is 8.08. The van der Waals surface area contributed by atoms with Gasteiger partial charge in [0, 0.05) is 48.1 Å². The zero-order chi connectivity index (χ0) is 33.7. The molecule has 2 atom stereocenters. The van der Waals surface area contributed by atoms with Gasteiger partial charge in [-0.1, -0.05) is 42.5 Å². The van der Waals surface area contributed by atoms with Gasteiger partial charge >= 0.3 is 12.1 Å². The van der Waals surface area contributed by atoms with Crippen LogP contribution in [0.1, 0.15) is 62.1 Å². The average Bonchev–Trinajstić information content (AvgIpc) is 3.34. The number of imide groups is 1. The highest BCUT2D eigenvalue weighted by Crippen LogP contribution is 2.41. The zero-order valence-corrected chi connectivity index (χ0v) is 26.7. The Labute approximate surface area is 272 Å². The van der Waals surface area contributed by atoms with Crippen LogP contribution in [0.5, 0.6) is 5.75 Å². The van der Waals surface area contributed by atoms with Crippen molar-refractivity contribution in [2.75, 3.05) is 25.1 Å². The van der Waals surface area contributed by atoms with Gasteiger partial charge in [0.15, 0.2) is 0 Å². The van der Waals surface area contributed by atoms with E-state index in [9.17, 15) is 29.4 Å². The number of nitrogens with one attached hydrogen (secondary N) is 4. The minimum Gasteiger partial charge on any atom is -0.507 e. The fraction of sp³-hybridized carbons (Fsp3) is 0.412. The summed E-state index contributed by atoms with van der Waals surface area (Å²) in [7, 11) is 0. The summed E-state index contributed by atoms with van der Waals surface area (Å²) in [5.41, 5.74) is 2.52. The number of hydrogen-bond donors (Lipinski definition) is 6. The molecule has 47 heavy (non-hydrogen) atoms. The van der Waals surface area contributed by atoms with Gasteiger partial charge in [0.25, 0.3) is 0 Å². The molecule has 5 amide bonds. The average molecular weight is 648 g/mol. The molecule has 3 aromatic rings. The van der Waals surface area contributed by atoms with E-state index in [-0.39, 0.29) is 37.6 Å². The molecule has 13 heteroatoms. The Morgan fingerprint density at radius 1 is 1.00 bits per heavy atom. The third-order valence-corrected chi connectivity index (χ3v) is 8.08. The van der Waals surface area contributed by atoms with E-state index in [1.54, 1.807) is 37.8 Å². The smallest absolute Gasteiger partial charge is 0.407 e. The van der Waals surface area contributed by atoms with Crippen LogP contribution in [0.2, 0.25) is 0 Å². The molecular formula is C34H41N5O8. The lowest BCUT2D eigenvalue weighted by atomic mass is 10.0. The van der Waals surface area contributed by atoms with E-state index >= 15 is 0 Å². The summed E-state index contributed by atoms with van der Waals surface area (Å²) in [6.45, 7) is 6.68. The van der Waals surface area contributed by atoms with Crippen molar-refractivity contribution in [1.29, 1.82) is 0 Å².